The molecule has 3 N–H and O–H groups in total. The number of benzene rings is 2. The summed E-state index contributed by atoms with van der Waals surface area (Å²) in [4.78, 5) is 12.1. The van der Waals surface area contributed by atoms with Crippen LogP contribution in [0.4, 0.5) is 14.5 Å². The topological polar surface area (TPSA) is 117 Å². The summed E-state index contributed by atoms with van der Waals surface area (Å²) >= 11 is 0. The van der Waals surface area contributed by atoms with Crippen LogP contribution in [0.2, 0.25) is 0 Å². The van der Waals surface area contributed by atoms with Crippen molar-refractivity contribution in [2.24, 2.45) is 5.14 Å². The maximum atomic E-state index is 12.5. The van der Waals surface area contributed by atoms with Crippen LogP contribution in [0.15, 0.2) is 41.3 Å². The number of hydrogen-bond acceptors (Lipinski definition) is 6. The van der Waals surface area contributed by atoms with Crippen molar-refractivity contribution in [2.45, 2.75) is 18.4 Å². The molecule has 0 saturated heterocycles. The lowest BCUT2D eigenvalue weighted by molar-refractivity contribution is -0.0514. The fraction of sp³-hybridized carbons (Fsp3) is 0.235. The summed E-state index contributed by atoms with van der Waals surface area (Å²) < 4.78 is 62.7. The van der Waals surface area contributed by atoms with Crippen molar-refractivity contribution < 1.29 is 36.2 Å². The predicted octanol–water partition coefficient (Wildman–Crippen LogP) is 2.60. The standard InChI is InChI=1S/C17H18F2N2O6S/c1-3-26-14-8-10(4-6-12(14)27-17(18)19)16(22)21-11-5-7-13(25-2)15(9-11)28(20,23)24/h4-9,17H,3H2,1-2H3,(H,21,22)(H2,20,23,24). The molecule has 0 atom stereocenters. The maximum absolute atomic E-state index is 12.5. The van der Waals surface area contributed by atoms with E-state index in [1.807, 2.05) is 0 Å². The first-order valence-corrected chi connectivity index (χ1v) is 9.44. The van der Waals surface area contributed by atoms with Crippen molar-refractivity contribution in [3.05, 3.63) is 42.0 Å². The van der Waals surface area contributed by atoms with E-state index in [1.54, 1.807) is 6.92 Å². The van der Waals surface area contributed by atoms with Gasteiger partial charge in [0.15, 0.2) is 11.5 Å². The van der Waals surface area contributed by atoms with E-state index in [0.717, 1.165) is 6.07 Å². The average molecular weight is 416 g/mol. The molecule has 0 unspecified atom stereocenters. The SMILES string of the molecule is CCOc1cc(C(=O)Nc2ccc(OC)c(S(N)(=O)=O)c2)ccc1OC(F)F. The van der Waals surface area contributed by atoms with Gasteiger partial charge in [-0.2, -0.15) is 8.78 Å². The molecule has 0 spiro atoms. The second kappa shape index (κ2) is 8.85. The van der Waals surface area contributed by atoms with Gasteiger partial charge >= 0.3 is 6.61 Å². The molecule has 0 aliphatic carbocycles. The number of carbonyl (C=O) groups is 1. The van der Waals surface area contributed by atoms with Gasteiger partial charge in [-0.15, -0.1) is 0 Å². The van der Waals surface area contributed by atoms with Crippen molar-refractivity contribution in [3.63, 3.8) is 0 Å². The second-order valence-corrected chi connectivity index (χ2v) is 6.87. The van der Waals surface area contributed by atoms with Crippen LogP contribution in [0.5, 0.6) is 17.2 Å². The normalized spacial score (nSPS) is 11.2. The molecule has 1 amide bonds. The number of halogens is 2. The summed E-state index contributed by atoms with van der Waals surface area (Å²) in [7, 11) is -2.81. The number of methoxy groups -OCH3 is 1. The van der Waals surface area contributed by atoms with Gasteiger partial charge in [0.2, 0.25) is 10.0 Å². The van der Waals surface area contributed by atoms with Crippen LogP contribution >= 0.6 is 0 Å². The van der Waals surface area contributed by atoms with Crippen molar-refractivity contribution in [1.29, 1.82) is 0 Å². The van der Waals surface area contributed by atoms with E-state index in [4.69, 9.17) is 14.6 Å². The number of hydrogen-bond donors (Lipinski definition) is 2. The Morgan fingerprint density at radius 1 is 1.14 bits per heavy atom. The first kappa shape index (κ1) is 21.4. The third kappa shape index (κ3) is 5.30. The summed E-state index contributed by atoms with van der Waals surface area (Å²) in [6, 6.07) is 7.57. The van der Waals surface area contributed by atoms with Gasteiger partial charge in [-0.3, -0.25) is 4.79 Å². The molecule has 2 aromatic carbocycles. The number of anilines is 1. The first-order chi connectivity index (χ1) is 13.2. The third-order valence-corrected chi connectivity index (χ3v) is 4.38. The summed E-state index contributed by atoms with van der Waals surface area (Å²) in [5, 5.41) is 7.63. The minimum atomic E-state index is -4.08. The van der Waals surface area contributed by atoms with E-state index in [1.165, 1.54) is 37.4 Å². The molecule has 2 rings (SSSR count). The van der Waals surface area contributed by atoms with Gasteiger partial charge in [0.05, 0.1) is 13.7 Å². The Balaban J connectivity index is 2.31. The summed E-state index contributed by atoms with van der Waals surface area (Å²) in [5.41, 5.74) is 0.221. The number of ether oxygens (including phenoxy) is 3. The lowest BCUT2D eigenvalue weighted by Crippen LogP contribution is -2.16. The number of nitrogens with two attached hydrogens (primary N) is 1. The van der Waals surface area contributed by atoms with Crippen molar-refractivity contribution in [1.82, 2.24) is 0 Å². The van der Waals surface area contributed by atoms with Crippen LogP contribution in [0.25, 0.3) is 0 Å². The zero-order chi connectivity index (χ0) is 20.9. The highest BCUT2D eigenvalue weighted by atomic mass is 32.2. The highest BCUT2D eigenvalue weighted by Crippen LogP contribution is 2.31. The number of carbonyl (C=O) groups excluding carboxylic acids is 1. The smallest absolute Gasteiger partial charge is 0.387 e. The van der Waals surface area contributed by atoms with Gasteiger partial charge in [0.25, 0.3) is 5.91 Å². The molecule has 0 heterocycles. The zero-order valence-corrected chi connectivity index (χ0v) is 15.8. The quantitative estimate of drug-likeness (QED) is 0.683. The molecular weight excluding hydrogens is 398 g/mol. The van der Waals surface area contributed by atoms with Crippen LogP contribution < -0.4 is 24.7 Å². The summed E-state index contributed by atoms with van der Waals surface area (Å²) in [5.74, 6) is -0.854. The van der Waals surface area contributed by atoms with Gasteiger partial charge in [-0.05, 0) is 43.3 Å². The van der Waals surface area contributed by atoms with Gasteiger partial charge in [-0.25, -0.2) is 13.6 Å². The Hall–Kier alpha value is -2.92. The summed E-state index contributed by atoms with van der Waals surface area (Å²) in [6.07, 6.45) is 0. The van der Waals surface area contributed by atoms with Crippen LogP contribution in [-0.2, 0) is 10.0 Å². The molecule has 0 bridgehead atoms. The van der Waals surface area contributed by atoms with E-state index < -0.39 is 22.5 Å². The molecule has 8 nitrogen and oxygen atoms in total. The average Bonchev–Trinajstić information content (AvgIpc) is 2.62. The molecule has 0 aliphatic heterocycles. The van der Waals surface area contributed by atoms with E-state index in [9.17, 15) is 22.0 Å². The Bertz CT molecular complexity index is 966. The Morgan fingerprint density at radius 2 is 1.82 bits per heavy atom. The molecule has 0 aromatic heterocycles. The number of amides is 1. The molecule has 152 valence electrons. The highest BCUT2D eigenvalue weighted by molar-refractivity contribution is 7.89. The van der Waals surface area contributed by atoms with Crippen LogP contribution in [0.3, 0.4) is 0 Å². The van der Waals surface area contributed by atoms with E-state index >= 15 is 0 Å². The van der Waals surface area contributed by atoms with Crippen molar-refractivity contribution >= 4 is 21.6 Å². The lowest BCUT2D eigenvalue weighted by atomic mass is 10.1. The van der Waals surface area contributed by atoms with Crippen molar-refractivity contribution in [2.75, 3.05) is 19.0 Å². The summed E-state index contributed by atoms with van der Waals surface area (Å²) in [6.45, 7) is -1.24. The van der Waals surface area contributed by atoms with Crippen molar-refractivity contribution in [3.8, 4) is 17.2 Å². The predicted molar refractivity (Wildman–Crippen MR) is 96.6 cm³/mol. The molecule has 0 fully saturated rings. The van der Waals surface area contributed by atoms with Crippen LogP contribution in [-0.4, -0.2) is 34.7 Å². The fourth-order valence-corrected chi connectivity index (χ4v) is 3.01. The number of sulfonamides is 1. The van der Waals surface area contributed by atoms with Crippen LogP contribution in [0, 0.1) is 0 Å². The molecule has 0 aliphatic rings. The molecule has 11 heteroatoms. The van der Waals surface area contributed by atoms with E-state index in [-0.39, 0.29) is 40.0 Å². The van der Waals surface area contributed by atoms with E-state index in [0.29, 0.717) is 0 Å². The maximum Gasteiger partial charge on any atom is 0.387 e. The Kier molecular flexibility index (Phi) is 6.75. The largest absolute Gasteiger partial charge is 0.495 e. The molecule has 0 saturated carbocycles. The number of rotatable bonds is 8. The Labute approximate surface area is 160 Å². The number of alkyl halides is 2. The first-order valence-electron chi connectivity index (χ1n) is 7.89. The third-order valence-electron chi connectivity index (χ3n) is 3.45. The molecule has 2 aromatic rings. The van der Waals surface area contributed by atoms with Gasteiger partial charge < -0.3 is 19.5 Å². The van der Waals surface area contributed by atoms with Gasteiger partial charge in [0, 0.05) is 11.3 Å². The lowest BCUT2D eigenvalue weighted by Gasteiger charge is -2.13. The minimum Gasteiger partial charge on any atom is -0.495 e. The molecule has 28 heavy (non-hydrogen) atoms. The number of nitrogens with one attached hydrogen (secondary N) is 1. The van der Waals surface area contributed by atoms with E-state index in [2.05, 4.69) is 10.1 Å². The highest BCUT2D eigenvalue weighted by Gasteiger charge is 2.18. The fourth-order valence-electron chi connectivity index (χ4n) is 2.29. The monoisotopic (exact) mass is 416 g/mol. The number of primary sulfonamides is 1. The zero-order valence-electron chi connectivity index (χ0n) is 14.9. The second-order valence-electron chi connectivity index (χ2n) is 5.34. The van der Waals surface area contributed by atoms with Gasteiger partial charge in [0.1, 0.15) is 10.6 Å². The van der Waals surface area contributed by atoms with Gasteiger partial charge in [-0.1, -0.05) is 0 Å². The molecular formula is C17H18F2N2O6S. The minimum absolute atomic E-state index is 0.0210. The van der Waals surface area contributed by atoms with Crippen LogP contribution in [0.1, 0.15) is 17.3 Å². The Morgan fingerprint density at radius 3 is 2.39 bits per heavy atom. The molecule has 0 radical (unpaired) electrons.